The van der Waals surface area contributed by atoms with E-state index in [1.165, 1.54) is 12.1 Å². The van der Waals surface area contributed by atoms with Gasteiger partial charge in [-0.25, -0.2) is 0 Å². The predicted octanol–water partition coefficient (Wildman–Crippen LogP) is 3.89. The van der Waals surface area contributed by atoms with Crippen molar-refractivity contribution in [2.75, 3.05) is 5.43 Å². The number of nitrogens with one attached hydrogen (secondary N) is 1. The largest absolute Gasteiger partial charge is 0.301 e. The number of anilines is 1. The molecule has 0 amide bonds. The Morgan fingerprint density at radius 2 is 2.00 bits per heavy atom. The minimum Gasteiger partial charge on any atom is -0.272 e. The highest BCUT2D eigenvalue weighted by molar-refractivity contribution is 5.82. The van der Waals surface area contributed by atoms with Crippen molar-refractivity contribution in [1.29, 1.82) is 0 Å². The van der Waals surface area contributed by atoms with Gasteiger partial charge in [-0.15, -0.1) is 0 Å². The molecule has 1 aliphatic rings. The molecular formula is C15H18N4O4. The summed E-state index contributed by atoms with van der Waals surface area (Å²) < 4.78 is 0. The molecule has 1 aromatic carbocycles. The quantitative estimate of drug-likeness (QED) is 0.503. The van der Waals surface area contributed by atoms with Gasteiger partial charge in [0.2, 0.25) is 0 Å². The molecule has 0 heterocycles. The lowest BCUT2D eigenvalue weighted by Gasteiger charge is -2.20. The minimum absolute atomic E-state index is 0.00596. The number of nitro groups is 2. The van der Waals surface area contributed by atoms with Crippen LogP contribution in [0.2, 0.25) is 0 Å². The van der Waals surface area contributed by atoms with Gasteiger partial charge in [-0.1, -0.05) is 26.8 Å². The van der Waals surface area contributed by atoms with Crippen molar-refractivity contribution < 1.29 is 9.85 Å². The second kappa shape index (κ2) is 6.15. The molecule has 1 atom stereocenters. The number of non-ortho nitro benzene ring substituents is 1. The average molecular weight is 318 g/mol. The summed E-state index contributed by atoms with van der Waals surface area (Å²) in [5.74, 6) is 0.458. The molecule has 8 heteroatoms. The Bertz CT molecular complexity index is 709. The van der Waals surface area contributed by atoms with Crippen molar-refractivity contribution in [2.24, 2.45) is 16.4 Å². The van der Waals surface area contributed by atoms with Crippen molar-refractivity contribution in [3.05, 3.63) is 50.1 Å². The number of nitro benzene ring substituents is 2. The van der Waals surface area contributed by atoms with Crippen LogP contribution in [-0.4, -0.2) is 16.1 Å². The summed E-state index contributed by atoms with van der Waals surface area (Å²) in [6.07, 6.45) is 4.79. The topological polar surface area (TPSA) is 111 Å². The standard InChI is InChI=1S/C15H18N4O4/c1-10-6-11(15(2,3)8-10)9-16-17-13-5-4-12(18(20)21)7-14(13)19(22)23/h4-7,9-10,17H,8H2,1-3H3/t10-/m0/s1. The van der Waals surface area contributed by atoms with E-state index in [9.17, 15) is 20.2 Å². The number of nitrogens with zero attached hydrogens (tertiary/aromatic N) is 3. The minimum atomic E-state index is -0.675. The molecule has 0 aromatic heterocycles. The Balaban J connectivity index is 2.21. The van der Waals surface area contributed by atoms with Gasteiger partial charge in [-0.3, -0.25) is 25.7 Å². The SMILES string of the molecule is C[C@H]1C=C(C=NNc2ccc([N+](=O)[O-])cc2[N+](=O)[O-])C(C)(C)C1. The Kier molecular flexibility index (Phi) is 4.44. The fourth-order valence-electron chi connectivity index (χ4n) is 2.78. The lowest BCUT2D eigenvalue weighted by molar-refractivity contribution is -0.393. The molecule has 1 N–H and O–H groups in total. The lowest BCUT2D eigenvalue weighted by atomic mass is 9.85. The molecule has 0 fully saturated rings. The van der Waals surface area contributed by atoms with E-state index < -0.39 is 9.85 Å². The first kappa shape index (κ1) is 16.6. The highest BCUT2D eigenvalue weighted by Gasteiger charge is 2.30. The van der Waals surface area contributed by atoms with Crippen LogP contribution in [0, 0.1) is 31.6 Å². The Morgan fingerprint density at radius 1 is 1.30 bits per heavy atom. The summed E-state index contributed by atoms with van der Waals surface area (Å²) in [6.45, 7) is 6.35. The molecule has 0 saturated heterocycles. The number of hydrogen-bond donors (Lipinski definition) is 1. The van der Waals surface area contributed by atoms with Crippen LogP contribution in [0.3, 0.4) is 0 Å². The van der Waals surface area contributed by atoms with Crippen LogP contribution in [0.4, 0.5) is 17.1 Å². The first-order valence-electron chi connectivity index (χ1n) is 7.15. The van der Waals surface area contributed by atoms with Crippen LogP contribution in [-0.2, 0) is 0 Å². The fourth-order valence-corrected chi connectivity index (χ4v) is 2.78. The maximum absolute atomic E-state index is 11.0. The van der Waals surface area contributed by atoms with Gasteiger partial charge in [0.05, 0.1) is 22.1 Å². The van der Waals surface area contributed by atoms with Crippen molar-refractivity contribution in [3.8, 4) is 0 Å². The van der Waals surface area contributed by atoms with Gasteiger partial charge < -0.3 is 0 Å². The third-order valence-electron chi connectivity index (χ3n) is 3.86. The number of hydrogen-bond acceptors (Lipinski definition) is 6. The number of allylic oxidation sites excluding steroid dienone is 2. The van der Waals surface area contributed by atoms with E-state index in [0.717, 1.165) is 18.1 Å². The maximum Gasteiger partial charge on any atom is 0.301 e. The van der Waals surface area contributed by atoms with E-state index in [1.54, 1.807) is 6.21 Å². The average Bonchev–Trinajstić information content (AvgIpc) is 2.71. The second-order valence-corrected chi connectivity index (χ2v) is 6.27. The van der Waals surface area contributed by atoms with Crippen molar-refractivity contribution in [2.45, 2.75) is 27.2 Å². The lowest BCUT2D eigenvalue weighted by Crippen LogP contribution is -2.12. The van der Waals surface area contributed by atoms with Crippen LogP contribution in [0.5, 0.6) is 0 Å². The molecule has 0 bridgehead atoms. The van der Waals surface area contributed by atoms with Crippen molar-refractivity contribution >= 4 is 23.3 Å². The first-order chi connectivity index (χ1) is 10.7. The molecule has 8 nitrogen and oxygen atoms in total. The van der Waals surface area contributed by atoms with Crippen LogP contribution >= 0.6 is 0 Å². The highest BCUT2D eigenvalue weighted by atomic mass is 16.6. The smallest absolute Gasteiger partial charge is 0.272 e. The van der Waals surface area contributed by atoms with Crippen LogP contribution < -0.4 is 5.43 Å². The van der Waals surface area contributed by atoms with E-state index in [2.05, 4.69) is 37.4 Å². The van der Waals surface area contributed by atoms with E-state index in [1.807, 2.05) is 0 Å². The second-order valence-electron chi connectivity index (χ2n) is 6.27. The van der Waals surface area contributed by atoms with E-state index in [0.29, 0.717) is 5.92 Å². The normalized spacial score (nSPS) is 19.6. The number of rotatable bonds is 5. The van der Waals surface area contributed by atoms with Crippen LogP contribution in [0.1, 0.15) is 27.2 Å². The molecule has 122 valence electrons. The highest BCUT2D eigenvalue weighted by Crippen LogP contribution is 2.40. The fraction of sp³-hybridized carbons (Fsp3) is 0.400. The summed E-state index contributed by atoms with van der Waals surface area (Å²) in [5.41, 5.74) is 3.06. The molecule has 0 saturated carbocycles. The molecule has 1 aromatic rings. The van der Waals surface area contributed by atoms with Gasteiger partial charge in [0.25, 0.3) is 5.69 Å². The van der Waals surface area contributed by atoms with Gasteiger partial charge in [0, 0.05) is 6.07 Å². The predicted molar refractivity (Wildman–Crippen MR) is 87.5 cm³/mol. The molecule has 23 heavy (non-hydrogen) atoms. The molecule has 0 spiro atoms. The summed E-state index contributed by atoms with van der Waals surface area (Å²) in [5, 5.41) is 25.8. The van der Waals surface area contributed by atoms with Crippen molar-refractivity contribution in [3.63, 3.8) is 0 Å². The molecule has 0 radical (unpaired) electrons. The third kappa shape index (κ3) is 3.71. The molecular weight excluding hydrogens is 300 g/mol. The summed E-state index contributed by atoms with van der Waals surface area (Å²) in [4.78, 5) is 20.4. The summed E-state index contributed by atoms with van der Waals surface area (Å²) in [7, 11) is 0. The third-order valence-corrected chi connectivity index (χ3v) is 3.86. The first-order valence-corrected chi connectivity index (χ1v) is 7.15. The number of benzene rings is 1. The molecule has 2 rings (SSSR count). The summed E-state index contributed by atoms with van der Waals surface area (Å²) >= 11 is 0. The Hall–Kier alpha value is -2.77. The van der Waals surface area contributed by atoms with Gasteiger partial charge in [0.15, 0.2) is 0 Å². The van der Waals surface area contributed by atoms with E-state index >= 15 is 0 Å². The van der Waals surface area contributed by atoms with Crippen molar-refractivity contribution in [1.82, 2.24) is 0 Å². The van der Waals surface area contributed by atoms with Crippen LogP contribution in [0.15, 0.2) is 34.9 Å². The number of hydrazone groups is 1. The Morgan fingerprint density at radius 3 is 2.52 bits per heavy atom. The zero-order valence-electron chi connectivity index (χ0n) is 13.1. The Labute approximate surface area is 133 Å². The monoisotopic (exact) mass is 318 g/mol. The zero-order chi connectivity index (χ0) is 17.2. The maximum atomic E-state index is 11.0. The molecule has 0 aliphatic heterocycles. The van der Waals surface area contributed by atoms with E-state index in [4.69, 9.17) is 0 Å². The molecule has 1 aliphatic carbocycles. The van der Waals surface area contributed by atoms with Gasteiger partial charge in [0.1, 0.15) is 5.69 Å². The van der Waals surface area contributed by atoms with Gasteiger partial charge in [-0.05, 0) is 29.4 Å². The summed E-state index contributed by atoms with van der Waals surface area (Å²) in [6, 6.07) is 3.40. The van der Waals surface area contributed by atoms with Gasteiger partial charge >= 0.3 is 5.69 Å². The van der Waals surface area contributed by atoms with Gasteiger partial charge in [-0.2, -0.15) is 5.10 Å². The van der Waals surface area contributed by atoms with Crippen LogP contribution in [0.25, 0.3) is 0 Å². The van der Waals surface area contributed by atoms with E-state index in [-0.39, 0.29) is 22.5 Å². The molecule has 0 unspecified atom stereocenters. The zero-order valence-corrected chi connectivity index (χ0v) is 13.1.